The fourth-order valence-electron chi connectivity index (χ4n) is 2.15. The van der Waals surface area contributed by atoms with Gasteiger partial charge in [-0.15, -0.1) is 0 Å². The van der Waals surface area contributed by atoms with E-state index in [0.29, 0.717) is 17.5 Å². The van der Waals surface area contributed by atoms with Crippen LogP contribution < -0.4 is 9.47 Å². The smallest absolute Gasteiger partial charge is 0.210 e. The molecular formula is C14H19NO3. The average molecular weight is 249 g/mol. The molecule has 4 heteroatoms. The van der Waals surface area contributed by atoms with Gasteiger partial charge in [0.2, 0.25) is 6.41 Å². The highest BCUT2D eigenvalue weighted by atomic mass is 16.5. The summed E-state index contributed by atoms with van der Waals surface area (Å²) in [6.07, 6.45) is 3.16. The summed E-state index contributed by atoms with van der Waals surface area (Å²) in [5, 5.41) is 0. The molecule has 0 spiro atoms. The monoisotopic (exact) mass is 249 g/mol. The van der Waals surface area contributed by atoms with E-state index in [0.717, 1.165) is 24.8 Å². The van der Waals surface area contributed by atoms with Crippen molar-refractivity contribution in [2.75, 3.05) is 14.2 Å². The fraction of sp³-hybridized carbons (Fsp3) is 0.500. The van der Waals surface area contributed by atoms with Crippen LogP contribution in [0, 0.1) is 0 Å². The highest BCUT2D eigenvalue weighted by molar-refractivity contribution is 5.51. The number of amides is 1. The Kier molecular flexibility index (Phi) is 3.75. The molecule has 0 bridgehead atoms. The zero-order valence-corrected chi connectivity index (χ0v) is 11.1. The van der Waals surface area contributed by atoms with Crippen molar-refractivity contribution in [1.29, 1.82) is 0 Å². The second-order valence-electron chi connectivity index (χ2n) is 4.57. The second-order valence-corrected chi connectivity index (χ2v) is 4.57. The SMILES string of the molecule is COc1ccc([C@H](C)N(C=O)C2CC2)cc1OC. The summed E-state index contributed by atoms with van der Waals surface area (Å²) in [6.45, 7) is 2.04. The molecule has 1 aromatic rings. The molecule has 1 fully saturated rings. The molecule has 18 heavy (non-hydrogen) atoms. The standard InChI is InChI=1S/C14H19NO3/c1-10(15(9-16)12-5-6-12)11-4-7-13(17-2)14(8-11)18-3/h4,7-10,12H,5-6H2,1-3H3/t10-/m0/s1. The van der Waals surface area contributed by atoms with Gasteiger partial charge in [0.25, 0.3) is 0 Å². The predicted octanol–water partition coefficient (Wildman–Crippen LogP) is 2.39. The molecule has 98 valence electrons. The first kappa shape index (κ1) is 12.7. The molecule has 1 amide bonds. The molecular weight excluding hydrogens is 230 g/mol. The number of nitrogens with zero attached hydrogens (tertiary/aromatic N) is 1. The molecule has 1 aliphatic carbocycles. The van der Waals surface area contributed by atoms with E-state index in [1.807, 2.05) is 30.0 Å². The van der Waals surface area contributed by atoms with Crippen LogP contribution in [0.1, 0.15) is 31.4 Å². The third-order valence-corrected chi connectivity index (χ3v) is 3.43. The average Bonchev–Trinajstić information content (AvgIpc) is 3.23. The van der Waals surface area contributed by atoms with Gasteiger partial charge in [-0.2, -0.15) is 0 Å². The molecule has 4 nitrogen and oxygen atoms in total. The van der Waals surface area contributed by atoms with Gasteiger partial charge in [-0.05, 0) is 37.5 Å². The van der Waals surface area contributed by atoms with Crippen molar-refractivity contribution >= 4 is 6.41 Å². The first-order chi connectivity index (χ1) is 8.71. The highest BCUT2D eigenvalue weighted by Crippen LogP contribution is 2.36. The van der Waals surface area contributed by atoms with Crippen molar-refractivity contribution < 1.29 is 14.3 Å². The van der Waals surface area contributed by atoms with Crippen molar-refractivity contribution in [2.45, 2.75) is 31.8 Å². The second kappa shape index (κ2) is 5.29. The van der Waals surface area contributed by atoms with Crippen molar-refractivity contribution in [3.8, 4) is 11.5 Å². The quantitative estimate of drug-likeness (QED) is 0.727. The highest BCUT2D eigenvalue weighted by Gasteiger charge is 2.31. The fourth-order valence-corrected chi connectivity index (χ4v) is 2.15. The van der Waals surface area contributed by atoms with Gasteiger partial charge in [0.05, 0.1) is 20.3 Å². The molecule has 0 radical (unpaired) electrons. The maximum Gasteiger partial charge on any atom is 0.210 e. The lowest BCUT2D eigenvalue weighted by atomic mass is 10.1. The summed E-state index contributed by atoms with van der Waals surface area (Å²) in [4.78, 5) is 13.0. The van der Waals surface area contributed by atoms with E-state index in [-0.39, 0.29) is 6.04 Å². The van der Waals surface area contributed by atoms with Crippen LogP contribution in [-0.4, -0.2) is 31.6 Å². The Hall–Kier alpha value is -1.71. The molecule has 0 saturated heterocycles. The van der Waals surface area contributed by atoms with E-state index in [4.69, 9.17) is 9.47 Å². The van der Waals surface area contributed by atoms with E-state index in [1.165, 1.54) is 0 Å². The Morgan fingerprint density at radius 3 is 2.44 bits per heavy atom. The predicted molar refractivity (Wildman–Crippen MR) is 68.9 cm³/mol. The zero-order chi connectivity index (χ0) is 13.1. The van der Waals surface area contributed by atoms with E-state index in [9.17, 15) is 4.79 Å². The van der Waals surface area contributed by atoms with Crippen molar-refractivity contribution in [3.05, 3.63) is 23.8 Å². The number of rotatable bonds is 6. The summed E-state index contributed by atoms with van der Waals surface area (Å²) in [6, 6.07) is 6.26. The number of hydrogen-bond donors (Lipinski definition) is 0. The number of ether oxygens (including phenoxy) is 2. The Balaban J connectivity index is 2.23. The summed E-state index contributed by atoms with van der Waals surface area (Å²) >= 11 is 0. The largest absolute Gasteiger partial charge is 0.493 e. The van der Waals surface area contributed by atoms with Crippen LogP contribution in [0.25, 0.3) is 0 Å². The summed E-state index contributed by atoms with van der Waals surface area (Å²) in [5.74, 6) is 1.40. The van der Waals surface area contributed by atoms with Crippen molar-refractivity contribution in [2.24, 2.45) is 0 Å². The topological polar surface area (TPSA) is 38.8 Å². The molecule has 0 aromatic heterocycles. The molecule has 1 aliphatic rings. The van der Waals surface area contributed by atoms with Gasteiger partial charge in [-0.1, -0.05) is 6.07 Å². The summed E-state index contributed by atoms with van der Waals surface area (Å²) in [5.41, 5.74) is 1.06. The number of benzene rings is 1. The van der Waals surface area contributed by atoms with E-state index in [1.54, 1.807) is 14.2 Å². The van der Waals surface area contributed by atoms with Gasteiger partial charge >= 0.3 is 0 Å². The van der Waals surface area contributed by atoms with E-state index < -0.39 is 0 Å². The molecule has 0 N–H and O–H groups in total. The summed E-state index contributed by atoms with van der Waals surface area (Å²) in [7, 11) is 3.23. The number of carbonyl (C=O) groups is 1. The lowest BCUT2D eigenvalue weighted by molar-refractivity contribution is -0.120. The maximum absolute atomic E-state index is 11.1. The van der Waals surface area contributed by atoms with Crippen LogP contribution in [0.15, 0.2) is 18.2 Å². The Morgan fingerprint density at radius 2 is 1.94 bits per heavy atom. The zero-order valence-electron chi connectivity index (χ0n) is 11.1. The molecule has 0 aliphatic heterocycles. The molecule has 1 atom stereocenters. The van der Waals surface area contributed by atoms with Gasteiger partial charge in [0, 0.05) is 6.04 Å². The van der Waals surface area contributed by atoms with Gasteiger partial charge < -0.3 is 14.4 Å². The summed E-state index contributed by atoms with van der Waals surface area (Å²) < 4.78 is 10.5. The van der Waals surface area contributed by atoms with Gasteiger partial charge in [0.1, 0.15) is 0 Å². The van der Waals surface area contributed by atoms with Crippen LogP contribution >= 0.6 is 0 Å². The molecule has 0 heterocycles. The van der Waals surface area contributed by atoms with Crippen LogP contribution in [-0.2, 0) is 4.79 Å². The van der Waals surface area contributed by atoms with Crippen LogP contribution in [0.4, 0.5) is 0 Å². The van der Waals surface area contributed by atoms with Crippen LogP contribution in [0.5, 0.6) is 11.5 Å². The minimum Gasteiger partial charge on any atom is -0.493 e. The Bertz CT molecular complexity index is 429. The van der Waals surface area contributed by atoms with E-state index in [2.05, 4.69) is 0 Å². The molecule has 2 rings (SSSR count). The minimum atomic E-state index is 0.0646. The number of hydrogen-bond acceptors (Lipinski definition) is 3. The number of methoxy groups -OCH3 is 2. The van der Waals surface area contributed by atoms with Crippen LogP contribution in [0.3, 0.4) is 0 Å². The van der Waals surface area contributed by atoms with Gasteiger partial charge in [0.15, 0.2) is 11.5 Å². The molecule has 1 saturated carbocycles. The van der Waals surface area contributed by atoms with Crippen molar-refractivity contribution in [3.63, 3.8) is 0 Å². The Labute approximate surface area is 107 Å². The third-order valence-electron chi connectivity index (χ3n) is 3.43. The minimum absolute atomic E-state index is 0.0646. The van der Waals surface area contributed by atoms with Gasteiger partial charge in [-0.25, -0.2) is 0 Å². The molecule has 0 unspecified atom stereocenters. The Morgan fingerprint density at radius 1 is 1.28 bits per heavy atom. The van der Waals surface area contributed by atoms with Gasteiger partial charge in [-0.3, -0.25) is 4.79 Å². The van der Waals surface area contributed by atoms with E-state index >= 15 is 0 Å². The normalized spacial score (nSPS) is 15.9. The first-order valence-electron chi connectivity index (χ1n) is 6.16. The number of carbonyl (C=O) groups excluding carboxylic acids is 1. The first-order valence-corrected chi connectivity index (χ1v) is 6.16. The lowest BCUT2D eigenvalue weighted by Crippen LogP contribution is -2.27. The maximum atomic E-state index is 11.1. The molecule has 1 aromatic carbocycles. The lowest BCUT2D eigenvalue weighted by Gasteiger charge is -2.25. The van der Waals surface area contributed by atoms with Crippen molar-refractivity contribution in [1.82, 2.24) is 4.90 Å². The third kappa shape index (κ3) is 2.42. The van der Waals surface area contributed by atoms with Crippen LogP contribution in [0.2, 0.25) is 0 Å².